The Hall–Kier alpha value is -1.28. The third-order valence-corrected chi connectivity index (χ3v) is 3.60. The Morgan fingerprint density at radius 2 is 1.89 bits per heavy atom. The Balaban J connectivity index is 2.40. The average molecular weight is 360 g/mol. The van der Waals surface area contributed by atoms with Crippen LogP contribution in [0.5, 0.6) is 0 Å². The molecule has 0 heterocycles. The number of hydrogen-bond donors (Lipinski definition) is 1. The number of anilines is 2. The highest BCUT2D eigenvalue weighted by molar-refractivity contribution is 9.10. The van der Waals surface area contributed by atoms with Gasteiger partial charge < -0.3 is 5.32 Å². The summed E-state index contributed by atoms with van der Waals surface area (Å²) in [6.07, 6.45) is 0. The van der Waals surface area contributed by atoms with E-state index < -0.39 is 5.82 Å². The molecule has 2 aromatic carbocycles. The fourth-order valence-corrected chi connectivity index (χ4v) is 2.61. The van der Waals surface area contributed by atoms with Crippen molar-refractivity contribution in [3.63, 3.8) is 0 Å². The van der Waals surface area contributed by atoms with Crippen LogP contribution in [0.2, 0.25) is 10.0 Å². The molecule has 0 aliphatic heterocycles. The van der Waals surface area contributed by atoms with Crippen molar-refractivity contribution in [3.8, 4) is 6.07 Å². The second-order valence-corrected chi connectivity index (χ2v) is 5.34. The molecule has 0 fully saturated rings. The summed E-state index contributed by atoms with van der Waals surface area (Å²) in [6, 6.07) is 9.31. The fourth-order valence-electron chi connectivity index (χ4n) is 1.48. The van der Waals surface area contributed by atoms with Crippen molar-refractivity contribution in [2.45, 2.75) is 0 Å². The summed E-state index contributed by atoms with van der Waals surface area (Å²) in [5, 5.41) is 12.4. The quantitative estimate of drug-likeness (QED) is 0.767. The Kier molecular flexibility index (Phi) is 4.31. The molecule has 6 heteroatoms. The molecule has 0 aliphatic carbocycles. The van der Waals surface area contributed by atoms with E-state index in [1.165, 1.54) is 18.2 Å². The van der Waals surface area contributed by atoms with Gasteiger partial charge in [0.25, 0.3) is 0 Å². The molecule has 0 unspecified atom stereocenters. The van der Waals surface area contributed by atoms with Gasteiger partial charge in [-0.15, -0.1) is 0 Å². The minimum Gasteiger partial charge on any atom is -0.352 e. The lowest BCUT2D eigenvalue weighted by Gasteiger charge is -2.12. The summed E-state index contributed by atoms with van der Waals surface area (Å²) in [5.41, 5.74) is 1.55. The standard InChI is InChI=1S/C13H6BrCl2FN2/c14-9-4-8(17)5-11(16)13(9)19-12-2-1-7(6-18)3-10(12)15/h1-5,19H. The highest BCUT2D eigenvalue weighted by atomic mass is 79.9. The van der Waals surface area contributed by atoms with Gasteiger partial charge in [-0.1, -0.05) is 23.2 Å². The molecule has 2 nitrogen and oxygen atoms in total. The smallest absolute Gasteiger partial charge is 0.125 e. The first-order chi connectivity index (χ1) is 9.01. The molecule has 2 aromatic rings. The number of nitrogens with one attached hydrogen (secondary N) is 1. The highest BCUT2D eigenvalue weighted by Crippen LogP contribution is 2.36. The Bertz CT molecular complexity index is 660. The predicted octanol–water partition coefficient (Wildman–Crippen LogP) is 5.51. The van der Waals surface area contributed by atoms with Gasteiger partial charge in [-0.05, 0) is 46.3 Å². The minimum absolute atomic E-state index is 0.229. The van der Waals surface area contributed by atoms with Crippen LogP contribution in [0.4, 0.5) is 15.8 Å². The summed E-state index contributed by atoms with van der Waals surface area (Å²) in [5.74, 6) is -0.437. The molecule has 19 heavy (non-hydrogen) atoms. The Morgan fingerprint density at radius 3 is 2.47 bits per heavy atom. The van der Waals surface area contributed by atoms with E-state index in [1.54, 1.807) is 12.1 Å². The van der Waals surface area contributed by atoms with Crippen molar-refractivity contribution in [2.24, 2.45) is 0 Å². The van der Waals surface area contributed by atoms with Crippen LogP contribution >= 0.6 is 39.1 Å². The van der Waals surface area contributed by atoms with E-state index in [0.717, 1.165) is 0 Å². The lowest BCUT2D eigenvalue weighted by molar-refractivity contribution is 0.627. The Labute approximate surface area is 127 Å². The number of rotatable bonds is 2. The third kappa shape index (κ3) is 3.19. The molecule has 2 rings (SSSR count). The second-order valence-electron chi connectivity index (χ2n) is 3.68. The van der Waals surface area contributed by atoms with Gasteiger partial charge in [0.1, 0.15) is 5.82 Å². The molecule has 1 N–H and O–H groups in total. The van der Waals surface area contributed by atoms with Crippen molar-refractivity contribution < 1.29 is 4.39 Å². The van der Waals surface area contributed by atoms with Crippen molar-refractivity contribution in [1.29, 1.82) is 5.26 Å². The van der Waals surface area contributed by atoms with Crippen molar-refractivity contribution in [3.05, 3.63) is 56.2 Å². The summed E-state index contributed by atoms with van der Waals surface area (Å²) in [7, 11) is 0. The van der Waals surface area contributed by atoms with Crippen LogP contribution in [0, 0.1) is 17.1 Å². The summed E-state index contributed by atoms with van der Waals surface area (Å²) in [6.45, 7) is 0. The maximum absolute atomic E-state index is 13.1. The number of nitrogens with zero attached hydrogens (tertiary/aromatic N) is 1. The van der Waals surface area contributed by atoms with E-state index in [1.807, 2.05) is 6.07 Å². The number of hydrogen-bond acceptors (Lipinski definition) is 2. The number of benzene rings is 2. The number of nitriles is 1. The lowest BCUT2D eigenvalue weighted by atomic mass is 10.2. The van der Waals surface area contributed by atoms with Gasteiger partial charge in [-0.25, -0.2) is 4.39 Å². The summed E-state index contributed by atoms with van der Waals surface area (Å²) < 4.78 is 13.6. The van der Waals surface area contributed by atoms with Crippen LogP contribution in [0.3, 0.4) is 0 Å². The largest absolute Gasteiger partial charge is 0.352 e. The number of halogens is 4. The molecule has 0 bridgehead atoms. The molecule has 96 valence electrons. The van der Waals surface area contributed by atoms with Gasteiger partial charge in [0.05, 0.1) is 33.1 Å². The molecule has 0 saturated carbocycles. The van der Waals surface area contributed by atoms with E-state index in [2.05, 4.69) is 21.2 Å². The minimum atomic E-state index is -0.437. The van der Waals surface area contributed by atoms with Gasteiger partial charge in [0, 0.05) is 4.47 Å². The molecule has 0 saturated heterocycles. The fraction of sp³-hybridized carbons (Fsp3) is 0. The maximum Gasteiger partial charge on any atom is 0.125 e. The maximum atomic E-state index is 13.1. The SMILES string of the molecule is N#Cc1ccc(Nc2c(Cl)cc(F)cc2Br)c(Cl)c1. The first-order valence-corrected chi connectivity index (χ1v) is 6.67. The molecule has 0 aliphatic rings. The molecule has 0 amide bonds. The first kappa shape index (κ1) is 14.1. The summed E-state index contributed by atoms with van der Waals surface area (Å²) in [4.78, 5) is 0. The lowest BCUT2D eigenvalue weighted by Crippen LogP contribution is -1.95. The van der Waals surface area contributed by atoms with Gasteiger partial charge in [0.15, 0.2) is 0 Å². The van der Waals surface area contributed by atoms with Gasteiger partial charge in [0.2, 0.25) is 0 Å². The Morgan fingerprint density at radius 1 is 1.16 bits per heavy atom. The molecule has 0 aromatic heterocycles. The van der Waals surface area contributed by atoms with Gasteiger partial charge in [-0.3, -0.25) is 0 Å². The van der Waals surface area contributed by atoms with E-state index in [4.69, 9.17) is 28.5 Å². The van der Waals surface area contributed by atoms with Crippen molar-refractivity contribution in [1.82, 2.24) is 0 Å². The third-order valence-electron chi connectivity index (χ3n) is 2.36. The van der Waals surface area contributed by atoms with E-state index in [0.29, 0.717) is 26.4 Å². The van der Waals surface area contributed by atoms with Crippen LogP contribution in [0.25, 0.3) is 0 Å². The zero-order valence-corrected chi connectivity index (χ0v) is 12.4. The van der Waals surface area contributed by atoms with E-state index in [-0.39, 0.29) is 5.02 Å². The van der Waals surface area contributed by atoms with Crippen molar-refractivity contribution >= 4 is 50.5 Å². The molecular formula is C13H6BrCl2FN2. The van der Waals surface area contributed by atoms with Crippen LogP contribution in [-0.4, -0.2) is 0 Å². The monoisotopic (exact) mass is 358 g/mol. The zero-order chi connectivity index (χ0) is 14.0. The van der Waals surface area contributed by atoms with E-state index in [9.17, 15) is 4.39 Å². The highest BCUT2D eigenvalue weighted by Gasteiger charge is 2.10. The molecule has 0 spiro atoms. The second kappa shape index (κ2) is 5.79. The van der Waals surface area contributed by atoms with Crippen LogP contribution in [-0.2, 0) is 0 Å². The molecule has 0 radical (unpaired) electrons. The van der Waals surface area contributed by atoms with Crippen molar-refractivity contribution in [2.75, 3.05) is 5.32 Å². The molecular weight excluding hydrogens is 354 g/mol. The van der Waals surface area contributed by atoms with Gasteiger partial charge in [-0.2, -0.15) is 5.26 Å². The van der Waals surface area contributed by atoms with Crippen LogP contribution in [0.1, 0.15) is 5.56 Å². The van der Waals surface area contributed by atoms with Crippen LogP contribution in [0.15, 0.2) is 34.8 Å². The summed E-state index contributed by atoms with van der Waals surface area (Å²) >= 11 is 15.2. The first-order valence-electron chi connectivity index (χ1n) is 5.12. The zero-order valence-electron chi connectivity index (χ0n) is 9.35. The topological polar surface area (TPSA) is 35.8 Å². The molecule has 0 atom stereocenters. The average Bonchev–Trinajstić information content (AvgIpc) is 2.35. The predicted molar refractivity (Wildman–Crippen MR) is 78.6 cm³/mol. The van der Waals surface area contributed by atoms with E-state index >= 15 is 0 Å². The van der Waals surface area contributed by atoms with Gasteiger partial charge >= 0.3 is 0 Å². The van der Waals surface area contributed by atoms with Crippen LogP contribution < -0.4 is 5.32 Å². The normalized spacial score (nSPS) is 10.1.